The Labute approximate surface area is 141 Å². The fraction of sp³-hybridized carbons (Fsp3) is 0.647. The van der Waals surface area contributed by atoms with Crippen molar-refractivity contribution < 1.29 is 23.5 Å². The summed E-state index contributed by atoms with van der Waals surface area (Å²) in [5, 5.41) is 2.76. The molecule has 1 spiro atoms. The summed E-state index contributed by atoms with van der Waals surface area (Å²) in [6.45, 7) is 5.86. The first kappa shape index (κ1) is 17.0. The van der Waals surface area contributed by atoms with Crippen LogP contribution in [0.4, 0.5) is 0 Å². The van der Waals surface area contributed by atoms with Gasteiger partial charge >= 0.3 is 0 Å². The highest BCUT2D eigenvalue weighted by atomic mass is 16.7. The van der Waals surface area contributed by atoms with E-state index in [0.29, 0.717) is 44.9 Å². The van der Waals surface area contributed by atoms with E-state index < -0.39 is 11.2 Å². The zero-order valence-electron chi connectivity index (χ0n) is 14.2. The van der Waals surface area contributed by atoms with Crippen molar-refractivity contribution in [2.24, 2.45) is 5.41 Å². The van der Waals surface area contributed by atoms with Crippen LogP contribution in [0.2, 0.25) is 0 Å². The highest BCUT2D eigenvalue weighted by Gasteiger charge is 2.45. The van der Waals surface area contributed by atoms with Gasteiger partial charge in [-0.1, -0.05) is 0 Å². The fourth-order valence-electron chi connectivity index (χ4n) is 3.13. The summed E-state index contributed by atoms with van der Waals surface area (Å²) in [6, 6.07) is 3.54. The van der Waals surface area contributed by atoms with Crippen molar-refractivity contribution in [2.45, 2.75) is 39.0 Å². The second-order valence-corrected chi connectivity index (χ2v) is 6.79. The second kappa shape index (κ2) is 6.57. The van der Waals surface area contributed by atoms with Gasteiger partial charge in [0.25, 0.3) is 0 Å². The Morgan fingerprint density at radius 2 is 1.92 bits per heavy atom. The zero-order chi connectivity index (χ0) is 17.2. The summed E-state index contributed by atoms with van der Waals surface area (Å²) >= 11 is 0. The number of nitrogens with one attached hydrogen (secondary N) is 1. The minimum Gasteiger partial charge on any atom is -0.467 e. The summed E-state index contributed by atoms with van der Waals surface area (Å²) in [7, 11) is 0. The molecule has 7 nitrogen and oxygen atoms in total. The van der Waals surface area contributed by atoms with E-state index in [2.05, 4.69) is 5.32 Å². The molecular weight excluding hydrogens is 312 g/mol. The number of hydrogen-bond acceptors (Lipinski definition) is 5. The van der Waals surface area contributed by atoms with Gasteiger partial charge in [-0.3, -0.25) is 9.59 Å². The Balaban J connectivity index is 1.55. The van der Waals surface area contributed by atoms with Crippen molar-refractivity contribution in [1.82, 2.24) is 10.2 Å². The largest absolute Gasteiger partial charge is 0.467 e. The lowest BCUT2D eigenvalue weighted by atomic mass is 9.89. The van der Waals surface area contributed by atoms with E-state index in [9.17, 15) is 9.59 Å². The Kier molecular flexibility index (Phi) is 4.64. The summed E-state index contributed by atoms with van der Waals surface area (Å²) < 4.78 is 16.5. The number of amides is 2. The van der Waals surface area contributed by atoms with E-state index in [1.54, 1.807) is 37.1 Å². The van der Waals surface area contributed by atoms with Gasteiger partial charge in [0.2, 0.25) is 11.8 Å². The molecule has 0 saturated carbocycles. The zero-order valence-corrected chi connectivity index (χ0v) is 14.2. The SMILES string of the molecule is CC(C)(C(=O)NCc1ccco1)C(=O)N1CCC2(CC1)OCCO2. The number of carbonyl (C=O) groups is 2. The number of likely N-dealkylation sites (tertiary alicyclic amines) is 1. The van der Waals surface area contributed by atoms with E-state index in [1.165, 1.54) is 0 Å². The van der Waals surface area contributed by atoms with Crippen LogP contribution >= 0.6 is 0 Å². The smallest absolute Gasteiger partial charge is 0.237 e. The molecule has 0 radical (unpaired) electrons. The number of carbonyl (C=O) groups excluding carboxylic acids is 2. The van der Waals surface area contributed by atoms with Crippen molar-refractivity contribution in [2.75, 3.05) is 26.3 Å². The van der Waals surface area contributed by atoms with Crippen LogP contribution in [0.5, 0.6) is 0 Å². The molecule has 2 aliphatic heterocycles. The first-order valence-corrected chi connectivity index (χ1v) is 8.31. The molecule has 1 aromatic rings. The molecule has 2 saturated heterocycles. The molecule has 2 fully saturated rings. The average molecular weight is 336 g/mol. The maximum atomic E-state index is 12.8. The van der Waals surface area contributed by atoms with Gasteiger partial charge in [0.15, 0.2) is 5.79 Å². The van der Waals surface area contributed by atoms with Gasteiger partial charge in [-0.05, 0) is 26.0 Å². The molecule has 2 amide bonds. The Morgan fingerprint density at radius 3 is 2.50 bits per heavy atom. The van der Waals surface area contributed by atoms with Crippen LogP contribution < -0.4 is 5.32 Å². The maximum absolute atomic E-state index is 12.8. The molecule has 0 aromatic carbocycles. The molecule has 0 aliphatic carbocycles. The van der Waals surface area contributed by atoms with Crippen LogP contribution in [0.15, 0.2) is 22.8 Å². The predicted octanol–water partition coefficient (Wildman–Crippen LogP) is 1.29. The lowest BCUT2D eigenvalue weighted by Crippen LogP contribution is -2.54. The number of hydrogen-bond donors (Lipinski definition) is 1. The van der Waals surface area contributed by atoms with E-state index in [4.69, 9.17) is 13.9 Å². The van der Waals surface area contributed by atoms with Crippen LogP contribution in [0.25, 0.3) is 0 Å². The minimum atomic E-state index is -1.13. The van der Waals surface area contributed by atoms with Crippen molar-refractivity contribution in [3.8, 4) is 0 Å². The third-order valence-corrected chi connectivity index (χ3v) is 4.73. The maximum Gasteiger partial charge on any atom is 0.237 e. The Morgan fingerprint density at radius 1 is 1.25 bits per heavy atom. The molecule has 3 rings (SSSR count). The lowest BCUT2D eigenvalue weighted by Gasteiger charge is -2.40. The topological polar surface area (TPSA) is 81.0 Å². The average Bonchev–Trinajstić information content (AvgIpc) is 3.25. The van der Waals surface area contributed by atoms with Gasteiger partial charge < -0.3 is 24.1 Å². The highest BCUT2D eigenvalue weighted by Crippen LogP contribution is 2.33. The number of ether oxygens (including phenoxy) is 2. The third-order valence-electron chi connectivity index (χ3n) is 4.73. The monoisotopic (exact) mass is 336 g/mol. The number of rotatable bonds is 4. The molecule has 0 atom stereocenters. The molecular formula is C17H24N2O5. The molecule has 132 valence electrons. The van der Waals surface area contributed by atoms with Crippen molar-refractivity contribution >= 4 is 11.8 Å². The van der Waals surface area contributed by atoms with Crippen molar-refractivity contribution in [3.05, 3.63) is 24.2 Å². The van der Waals surface area contributed by atoms with Crippen LogP contribution in [0, 0.1) is 5.41 Å². The van der Waals surface area contributed by atoms with Crippen molar-refractivity contribution in [3.63, 3.8) is 0 Å². The standard InChI is InChI=1S/C17H24N2O5/c1-16(2,14(20)18-12-13-4-3-9-22-13)15(21)19-7-5-17(6-8-19)23-10-11-24-17/h3-4,9H,5-8,10-12H2,1-2H3,(H,18,20). The quantitative estimate of drug-likeness (QED) is 0.838. The summed E-state index contributed by atoms with van der Waals surface area (Å²) in [4.78, 5) is 27.0. The van der Waals surface area contributed by atoms with Crippen LogP contribution in [-0.2, 0) is 25.6 Å². The molecule has 24 heavy (non-hydrogen) atoms. The van der Waals surface area contributed by atoms with Crippen LogP contribution in [-0.4, -0.2) is 48.8 Å². The van der Waals surface area contributed by atoms with Crippen LogP contribution in [0.1, 0.15) is 32.4 Å². The van der Waals surface area contributed by atoms with Gasteiger partial charge in [0.1, 0.15) is 11.2 Å². The second-order valence-electron chi connectivity index (χ2n) is 6.79. The normalized spacial score (nSPS) is 20.3. The first-order chi connectivity index (χ1) is 11.4. The molecule has 0 unspecified atom stereocenters. The fourth-order valence-corrected chi connectivity index (χ4v) is 3.13. The molecule has 1 N–H and O–H groups in total. The van der Waals surface area contributed by atoms with E-state index in [1.807, 2.05) is 0 Å². The molecule has 7 heteroatoms. The van der Waals surface area contributed by atoms with Gasteiger partial charge in [0, 0.05) is 25.9 Å². The number of piperidine rings is 1. The number of nitrogens with zero attached hydrogens (tertiary/aromatic N) is 1. The Hall–Kier alpha value is -1.86. The van der Waals surface area contributed by atoms with Gasteiger partial charge in [0.05, 0.1) is 26.0 Å². The van der Waals surface area contributed by atoms with E-state index >= 15 is 0 Å². The van der Waals surface area contributed by atoms with Gasteiger partial charge in [-0.2, -0.15) is 0 Å². The first-order valence-electron chi connectivity index (χ1n) is 8.31. The molecule has 1 aromatic heterocycles. The molecule has 3 heterocycles. The number of furan rings is 1. The van der Waals surface area contributed by atoms with Crippen molar-refractivity contribution in [1.29, 1.82) is 0 Å². The summed E-state index contributed by atoms with van der Waals surface area (Å²) in [5.74, 6) is -0.352. The van der Waals surface area contributed by atoms with E-state index in [-0.39, 0.29) is 18.4 Å². The summed E-state index contributed by atoms with van der Waals surface area (Å²) in [5.41, 5.74) is -1.13. The predicted molar refractivity (Wildman–Crippen MR) is 84.8 cm³/mol. The van der Waals surface area contributed by atoms with Gasteiger partial charge in [-0.25, -0.2) is 0 Å². The summed E-state index contributed by atoms with van der Waals surface area (Å²) in [6.07, 6.45) is 2.83. The van der Waals surface area contributed by atoms with Crippen LogP contribution in [0.3, 0.4) is 0 Å². The lowest BCUT2D eigenvalue weighted by molar-refractivity contribution is -0.189. The highest BCUT2D eigenvalue weighted by molar-refractivity contribution is 6.04. The van der Waals surface area contributed by atoms with E-state index in [0.717, 1.165) is 0 Å². The molecule has 2 aliphatic rings. The van der Waals surface area contributed by atoms with Gasteiger partial charge in [-0.15, -0.1) is 0 Å². The Bertz CT molecular complexity index is 580. The molecule has 0 bridgehead atoms. The minimum absolute atomic E-state index is 0.174. The third kappa shape index (κ3) is 3.32.